The molecule has 0 aliphatic carbocycles. The minimum atomic E-state index is -0.168. The van der Waals surface area contributed by atoms with Gasteiger partial charge in [0.25, 0.3) is 5.91 Å². The molecule has 1 aliphatic heterocycles. The molecule has 0 unspecified atom stereocenters. The average molecular weight is 447 g/mol. The number of amides is 1. The first-order valence-corrected chi connectivity index (χ1v) is 10.8. The van der Waals surface area contributed by atoms with E-state index < -0.39 is 0 Å². The number of thioether (sulfide) groups is 1. The lowest BCUT2D eigenvalue weighted by atomic mass is 10.1. The molecule has 1 aliphatic rings. The van der Waals surface area contributed by atoms with Gasteiger partial charge in [-0.2, -0.15) is 0 Å². The molecule has 1 fully saturated rings. The molecule has 1 saturated heterocycles. The van der Waals surface area contributed by atoms with Crippen LogP contribution in [0.2, 0.25) is 0 Å². The van der Waals surface area contributed by atoms with Crippen LogP contribution in [0.3, 0.4) is 0 Å². The van der Waals surface area contributed by atoms with E-state index in [0.717, 1.165) is 11.3 Å². The van der Waals surface area contributed by atoms with Crippen molar-refractivity contribution in [2.24, 2.45) is 4.99 Å². The standard InChI is InChI=1S/C25H22N2O4S/c1-3-8-18-13-17(14-21(30-2)23(18)28)15-22-24(29)27(16-20-11-7-12-31-20)25(32-22)26-19-9-5-4-6-10-19/h3-7,9-15,28H,1,8,16H2,2H3/b22-15-,26-25?. The number of hydrogen-bond acceptors (Lipinski definition) is 6. The van der Waals surface area contributed by atoms with Crippen LogP contribution in [-0.4, -0.2) is 28.2 Å². The zero-order valence-electron chi connectivity index (χ0n) is 17.5. The predicted molar refractivity (Wildman–Crippen MR) is 127 cm³/mol. The third kappa shape index (κ3) is 4.63. The SMILES string of the molecule is C=CCc1cc(/C=C2\SC(=Nc3ccccc3)N(Cc3ccco3)C2=O)cc(OC)c1O. The highest BCUT2D eigenvalue weighted by molar-refractivity contribution is 8.18. The van der Waals surface area contributed by atoms with Crippen LogP contribution in [0, 0.1) is 0 Å². The van der Waals surface area contributed by atoms with Gasteiger partial charge in [0.1, 0.15) is 5.76 Å². The number of para-hydroxylation sites is 1. The summed E-state index contributed by atoms with van der Waals surface area (Å²) in [4.78, 5) is 20.1. The van der Waals surface area contributed by atoms with Crippen molar-refractivity contribution in [3.63, 3.8) is 0 Å². The number of carbonyl (C=O) groups excluding carboxylic acids is 1. The molecule has 32 heavy (non-hydrogen) atoms. The summed E-state index contributed by atoms with van der Waals surface area (Å²) in [6, 6.07) is 16.6. The Balaban J connectivity index is 1.72. The zero-order chi connectivity index (χ0) is 22.5. The molecule has 1 amide bonds. The number of furan rings is 1. The number of hydrogen-bond donors (Lipinski definition) is 1. The quantitative estimate of drug-likeness (QED) is 0.382. The Labute approximate surface area is 190 Å². The number of aromatic hydroxyl groups is 1. The lowest BCUT2D eigenvalue weighted by molar-refractivity contribution is -0.122. The van der Waals surface area contributed by atoms with Crippen LogP contribution in [0.1, 0.15) is 16.9 Å². The second-order valence-electron chi connectivity index (χ2n) is 7.03. The maximum Gasteiger partial charge on any atom is 0.267 e. The van der Waals surface area contributed by atoms with Crippen molar-refractivity contribution in [2.75, 3.05) is 7.11 Å². The van der Waals surface area contributed by atoms with E-state index >= 15 is 0 Å². The monoisotopic (exact) mass is 446 g/mol. The number of methoxy groups -OCH3 is 1. The summed E-state index contributed by atoms with van der Waals surface area (Å²) in [5.41, 5.74) is 2.17. The second-order valence-corrected chi connectivity index (χ2v) is 8.04. The summed E-state index contributed by atoms with van der Waals surface area (Å²) in [7, 11) is 1.49. The van der Waals surface area contributed by atoms with E-state index in [9.17, 15) is 9.90 Å². The van der Waals surface area contributed by atoms with Gasteiger partial charge in [-0.05, 0) is 66.2 Å². The molecule has 6 nitrogen and oxygen atoms in total. The van der Waals surface area contributed by atoms with Crippen LogP contribution in [0.4, 0.5) is 5.69 Å². The molecule has 3 aromatic rings. The minimum absolute atomic E-state index is 0.0747. The molecule has 4 rings (SSSR count). The lowest BCUT2D eigenvalue weighted by Crippen LogP contribution is -2.28. The van der Waals surface area contributed by atoms with Gasteiger partial charge in [0, 0.05) is 5.56 Å². The Hall–Kier alpha value is -3.71. The van der Waals surface area contributed by atoms with Gasteiger partial charge in [-0.25, -0.2) is 4.99 Å². The maximum absolute atomic E-state index is 13.3. The molecular weight excluding hydrogens is 424 g/mol. The van der Waals surface area contributed by atoms with Gasteiger partial charge >= 0.3 is 0 Å². The van der Waals surface area contributed by atoms with Gasteiger partial charge in [0.05, 0.1) is 30.5 Å². The first-order valence-electron chi connectivity index (χ1n) is 9.97. The van der Waals surface area contributed by atoms with E-state index in [1.165, 1.54) is 18.9 Å². The molecule has 7 heteroatoms. The van der Waals surface area contributed by atoms with Crippen LogP contribution in [0.5, 0.6) is 11.5 Å². The Morgan fingerprint density at radius 3 is 2.72 bits per heavy atom. The molecule has 0 atom stereocenters. The van der Waals surface area contributed by atoms with E-state index in [2.05, 4.69) is 11.6 Å². The van der Waals surface area contributed by atoms with E-state index in [4.69, 9.17) is 9.15 Å². The van der Waals surface area contributed by atoms with E-state index in [1.54, 1.807) is 35.4 Å². The van der Waals surface area contributed by atoms with E-state index in [-0.39, 0.29) is 18.2 Å². The highest BCUT2D eigenvalue weighted by Gasteiger charge is 2.34. The normalized spacial score (nSPS) is 16.2. The van der Waals surface area contributed by atoms with Crippen molar-refractivity contribution in [3.8, 4) is 11.5 Å². The predicted octanol–water partition coefficient (Wildman–Crippen LogP) is 5.53. The highest BCUT2D eigenvalue weighted by atomic mass is 32.2. The van der Waals surface area contributed by atoms with Crippen LogP contribution >= 0.6 is 11.8 Å². The fraction of sp³-hybridized carbons (Fsp3) is 0.120. The van der Waals surface area contributed by atoms with Gasteiger partial charge in [-0.15, -0.1) is 6.58 Å². The Morgan fingerprint density at radius 1 is 1.22 bits per heavy atom. The third-order valence-corrected chi connectivity index (χ3v) is 5.83. The number of phenolic OH excluding ortho intramolecular Hbond substituents is 1. The molecule has 1 N–H and O–H groups in total. The Morgan fingerprint density at radius 2 is 2.03 bits per heavy atom. The number of carbonyl (C=O) groups is 1. The van der Waals surface area contributed by atoms with Crippen LogP contribution in [-0.2, 0) is 17.8 Å². The molecule has 0 saturated carbocycles. The average Bonchev–Trinajstić information content (AvgIpc) is 3.41. The topological polar surface area (TPSA) is 75.3 Å². The van der Waals surface area contributed by atoms with E-state index in [0.29, 0.717) is 33.6 Å². The fourth-order valence-electron chi connectivity index (χ4n) is 3.29. The number of amidine groups is 1. The Kier molecular flexibility index (Phi) is 6.47. The fourth-order valence-corrected chi connectivity index (χ4v) is 4.29. The lowest BCUT2D eigenvalue weighted by Gasteiger charge is -2.13. The van der Waals surface area contributed by atoms with Crippen LogP contribution in [0.15, 0.2) is 87.8 Å². The number of phenols is 1. The number of benzene rings is 2. The summed E-state index contributed by atoms with van der Waals surface area (Å²) < 4.78 is 10.8. The molecule has 2 aromatic carbocycles. The first kappa shape index (κ1) is 21.5. The minimum Gasteiger partial charge on any atom is -0.504 e. The van der Waals surface area contributed by atoms with Crippen molar-refractivity contribution in [1.82, 2.24) is 4.90 Å². The summed E-state index contributed by atoms with van der Waals surface area (Å²) in [5, 5.41) is 10.9. The number of rotatable bonds is 7. The van der Waals surface area contributed by atoms with Crippen molar-refractivity contribution in [1.29, 1.82) is 0 Å². The van der Waals surface area contributed by atoms with Crippen LogP contribution in [0.25, 0.3) is 6.08 Å². The summed E-state index contributed by atoms with van der Waals surface area (Å²) >= 11 is 1.30. The van der Waals surface area contributed by atoms with Crippen molar-refractivity contribution in [3.05, 3.63) is 95.3 Å². The molecular formula is C25H22N2O4S. The maximum atomic E-state index is 13.3. The summed E-state index contributed by atoms with van der Waals surface area (Å²) in [6.07, 6.45) is 5.55. The van der Waals surface area contributed by atoms with Gasteiger partial charge in [0.15, 0.2) is 16.7 Å². The van der Waals surface area contributed by atoms with Crippen LogP contribution < -0.4 is 4.74 Å². The smallest absolute Gasteiger partial charge is 0.267 e. The van der Waals surface area contributed by atoms with Gasteiger partial charge in [0.2, 0.25) is 0 Å². The molecule has 162 valence electrons. The zero-order valence-corrected chi connectivity index (χ0v) is 18.3. The molecule has 2 heterocycles. The number of aliphatic imine (C=N–C) groups is 1. The third-order valence-electron chi connectivity index (χ3n) is 4.82. The van der Waals surface area contributed by atoms with Crippen molar-refractivity contribution < 1.29 is 19.1 Å². The molecule has 0 radical (unpaired) electrons. The largest absolute Gasteiger partial charge is 0.504 e. The molecule has 1 aromatic heterocycles. The second kappa shape index (κ2) is 9.62. The summed E-state index contributed by atoms with van der Waals surface area (Å²) in [5.74, 6) is 0.918. The first-order chi connectivity index (χ1) is 15.6. The van der Waals surface area contributed by atoms with Gasteiger partial charge in [-0.3, -0.25) is 9.69 Å². The molecule has 0 spiro atoms. The summed E-state index contributed by atoms with van der Waals surface area (Å²) in [6.45, 7) is 4.02. The molecule has 0 bridgehead atoms. The number of ether oxygens (including phenoxy) is 1. The number of nitrogens with zero attached hydrogens (tertiary/aromatic N) is 2. The number of allylic oxidation sites excluding steroid dienone is 1. The van der Waals surface area contributed by atoms with Gasteiger partial charge in [-0.1, -0.05) is 24.3 Å². The van der Waals surface area contributed by atoms with E-state index in [1.807, 2.05) is 42.5 Å². The van der Waals surface area contributed by atoms with Gasteiger partial charge < -0.3 is 14.3 Å². The highest BCUT2D eigenvalue weighted by Crippen LogP contribution is 2.37. The van der Waals surface area contributed by atoms with Crippen molar-refractivity contribution >= 4 is 34.6 Å². The van der Waals surface area contributed by atoms with Crippen molar-refractivity contribution in [2.45, 2.75) is 13.0 Å². The Bertz CT molecular complexity index is 1180.